The minimum Gasteiger partial charge on any atom is -0.469 e. The molecule has 1 atom stereocenters. The van der Waals surface area contributed by atoms with Crippen molar-refractivity contribution in [1.29, 1.82) is 0 Å². The van der Waals surface area contributed by atoms with Gasteiger partial charge in [0, 0.05) is 10.9 Å². The number of esters is 1. The highest BCUT2D eigenvalue weighted by atomic mass is 32.1. The van der Waals surface area contributed by atoms with Gasteiger partial charge in [-0.15, -0.1) is 0 Å². The second-order valence-electron chi connectivity index (χ2n) is 2.73. The molecule has 7 heteroatoms. The van der Waals surface area contributed by atoms with Crippen LogP contribution in [0, 0.1) is 10.1 Å². The summed E-state index contributed by atoms with van der Waals surface area (Å²) in [4.78, 5) is 21.0. The molecule has 1 N–H and O–H groups in total. The number of thiophene rings is 1. The summed E-state index contributed by atoms with van der Waals surface area (Å²) in [7, 11) is 1.21. The van der Waals surface area contributed by atoms with E-state index in [4.69, 9.17) is 0 Å². The summed E-state index contributed by atoms with van der Waals surface area (Å²) in [6.07, 6.45) is -1.25. The predicted octanol–water partition coefficient (Wildman–Crippen LogP) is 1.25. The van der Waals surface area contributed by atoms with Crippen LogP contribution in [0.1, 0.15) is 17.4 Å². The lowest BCUT2D eigenvalue weighted by Gasteiger charge is -2.05. The average Bonchev–Trinajstić information content (AvgIpc) is 2.66. The maximum absolute atomic E-state index is 10.8. The van der Waals surface area contributed by atoms with Crippen LogP contribution in [-0.2, 0) is 9.53 Å². The minimum atomic E-state index is -1.05. The zero-order chi connectivity index (χ0) is 11.4. The highest BCUT2D eigenvalue weighted by molar-refractivity contribution is 7.15. The van der Waals surface area contributed by atoms with E-state index < -0.39 is 17.0 Å². The van der Waals surface area contributed by atoms with Gasteiger partial charge in [-0.05, 0) is 6.07 Å². The molecule has 82 valence electrons. The largest absolute Gasteiger partial charge is 0.469 e. The third kappa shape index (κ3) is 3.00. The molecule has 0 spiro atoms. The summed E-state index contributed by atoms with van der Waals surface area (Å²) in [5.41, 5.74) is 0. The molecular formula is C8H9NO5S. The standard InChI is InChI=1S/C8H9NO5S/c1-14-8(11)4-5(10)6-2-3-7(15-6)9(12)13/h2-3,5,10H,4H2,1H3/t5-/m0/s1. The fourth-order valence-electron chi connectivity index (χ4n) is 0.961. The smallest absolute Gasteiger partial charge is 0.324 e. The molecule has 0 aliphatic heterocycles. The second-order valence-corrected chi connectivity index (χ2v) is 3.82. The van der Waals surface area contributed by atoms with Crippen LogP contribution in [-0.4, -0.2) is 23.1 Å². The van der Waals surface area contributed by atoms with Gasteiger partial charge in [-0.1, -0.05) is 11.3 Å². The van der Waals surface area contributed by atoms with Crippen molar-refractivity contribution in [3.05, 3.63) is 27.1 Å². The number of ether oxygens (including phenoxy) is 1. The van der Waals surface area contributed by atoms with Gasteiger partial charge >= 0.3 is 11.0 Å². The highest BCUT2D eigenvalue weighted by Crippen LogP contribution is 2.30. The Hall–Kier alpha value is -1.47. The van der Waals surface area contributed by atoms with Crippen molar-refractivity contribution in [1.82, 2.24) is 0 Å². The van der Waals surface area contributed by atoms with E-state index in [1.807, 2.05) is 0 Å². The van der Waals surface area contributed by atoms with Crippen molar-refractivity contribution >= 4 is 22.3 Å². The predicted molar refractivity (Wildman–Crippen MR) is 52.6 cm³/mol. The van der Waals surface area contributed by atoms with Gasteiger partial charge in [0.05, 0.1) is 24.6 Å². The highest BCUT2D eigenvalue weighted by Gasteiger charge is 2.18. The van der Waals surface area contributed by atoms with Crippen LogP contribution in [0.4, 0.5) is 5.00 Å². The van der Waals surface area contributed by atoms with E-state index >= 15 is 0 Å². The quantitative estimate of drug-likeness (QED) is 0.478. The van der Waals surface area contributed by atoms with Gasteiger partial charge < -0.3 is 9.84 Å². The summed E-state index contributed by atoms with van der Waals surface area (Å²) in [5.74, 6) is -0.557. The van der Waals surface area contributed by atoms with Crippen LogP contribution >= 0.6 is 11.3 Å². The maximum Gasteiger partial charge on any atom is 0.324 e. The van der Waals surface area contributed by atoms with E-state index in [-0.39, 0.29) is 11.4 Å². The summed E-state index contributed by atoms with van der Waals surface area (Å²) in [6.45, 7) is 0. The summed E-state index contributed by atoms with van der Waals surface area (Å²) >= 11 is 0.845. The fourth-order valence-corrected chi connectivity index (χ4v) is 1.77. The third-order valence-corrected chi connectivity index (χ3v) is 2.85. The average molecular weight is 231 g/mol. The van der Waals surface area contributed by atoms with Gasteiger partial charge in [-0.3, -0.25) is 14.9 Å². The Kier molecular flexibility index (Phi) is 3.75. The molecule has 0 saturated heterocycles. The monoisotopic (exact) mass is 231 g/mol. The fraction of sp³-hybridized carbons (Fsp3) is 0.375. The van der Waals surface area contributed by atoms with E-state index in [1.54, 1.807) is 0 Å². The first-order valence-corrected chi connectivity index (χ1v) is 4.85. The normalized spacial score (nSPS) is 12.1. The molecule has 0 aliphatic carbocycles. The van der Waals surface area contributed by atoms with Crippen LogP contribution in [0.25, 0.3) is 0 Å². The van der Waals surface area contributed by atoms with Gasteiger partial charge in [0.1, 0.15) is 0 Å². The van der Waals surface area contributed by atoms with E-state index in [1.165, 1.54) is 19.2 Å². The first-order chi connectivity index (χ1) is 7.04. The number of carbonyl (C=O) groups excluding carboxylic acids is 1. The zero-order valence-electron chi connectivity index (χ0n) is 7.87. The molecule has 0 aliphatic rings. The Morgan fingerprint density at radius 1 is 1.73 bits per heavy atom. The number of nitrogens with zero attached hydrogens (tertiary/aromatic N) is 1. The molecule has 0 unspecified atom stereocenters. The molecule has 1 aromatic rings. The molecule has 0 bridgehead atoms. The molecule has 6 nitrogen and oxygen atoms in total. The minimum absolute atomic E-state index is 0.0612. The SMILES string of the molecule is COC(=O)C[C@H](O)c1ccc([N+](=O)[O-])s1. The van der Waals surface area contributed by atoms with Gasteiger partial charge in [-0.2, -0.15) is 0 Å². The van der Waals surface area contributed by atoms with E-state index in [9.17, 15) is 20.0 Å². The molecule has 0 aromatic carbocycles. The molecule has 0 fully saturated rings. The third-order valence-electron chi connectivity index (χ3n) is 1.71. The van der Waals surface area contributed by atoms with Crippen molar-refractivity contribution in [2.24, 2.45) is 0 Å². The van der Waals surface area contributed by atoms with Gasteiger partial charge in [0.2, 0.25) is 0 Å². The van der Waals surface area contributed by atoms with Gasteiger partial charge in [-0.25, -0.2) is 0 Å². The van der Waals surface area contributed by atoms with E-state index in [0.29, 0.717) is 4.88 Å². The zero-order valence-corrected chi connectivity index (χ0v) is 8.69. The molecule has 0 radical (unpaired) electrons. The number of hydrogen-bond donors (Lipinski definition) is 1. The van der Waals surface area contributed by atoms with E-state index in [0.717, 1.165) is 11.3 Å². The Morgan fingerprint density at radius 3 is 2.87 bits per heavy atom. The van der Waals surface area contributed by atoms with E-state index in [2.05, 4.69) is 4.74 Å². The van der Waals surface area contributed by atoms with Crippen molar-refractivity contribution < 1.29 is 19.6 Å². The van der Waals surface area contributed by atoms with Crippen LogP contribution in [0.15, 0.2) is 12.1 Å². The van der Waals surface area contributed by atoms with Crippen LogP contribution in [0.2, 0.25) is 0 Å². The number of aliphatic hydroxyl groups excluding tert-OH is 1. The van der Waals surface area contributed by atoms with Gasteiger partial charge in [0.15, 0.2) is 0 Å². The summed E-state index contributed by atoms with van der Waals surface area (Å²) in [5, 5.41) is 19.8. The van der Waals surface area contributed by atoms with Crippen molar-refractivity contribution in [3.63, 3.8) is 0 Å². The summed E-state index contributed by atoms with van der Waals surface area (Å²) in [6, 6.07) is 2.72. The first kappa shape index (κ1) is 11.6. The van der Waals surface area contributed by atoms with Crippen LogP contribution in [0.3, 0.4) is 0 Å². The molecule has 0 amide bonds. The van der Waals surface area contributed by atoms with Crippen LogP contribution in [0.5, 0.6) is 0 Å². The van der Waals surface area contributed by atoms with Crippen molar-refractivity contribution in [3.8, 4) is 0 Å². The Morgan fingerprint density at radius 2 is 2.40 bits per heavy atom. The summed E-state index contributed by atoms with van der Waals surface area (Å²) < 4.78 is 4.37. The topological polar surface area (TPSA) is 89.7 Å². The van der Waals surface area contributed by atoms with Gasteiger partial charge in [0.25, 0.3) is 0 Å². The Bertz CT molecular complexity index is 375. The molecule has 15 heavy (non-hydrogen) atoms. The number of hydrogen-bond acceptors (Lipinski definition) is 6. The Labute approximate surface area is 89.3 Å². The van der Waals surface area contributed by atoms with Crippen LogP contribution < -0.4 is 0 Å². The molecule has 1 aromatic heterocycles. The lowest BCUT2D eigenvalue weighted by Crippen LogP contribution is -2.06. The molecule has 0 saturated carbocycles. The number of nitro groups is 1. The molecular weight excluding hydrogens is 222 g/mol. The number of methoxy groups -OCH3 is 1. The maximum atomic E-state index is 10.8. The first-order valence-electron chi connectivity index (χ1n) is 4.03. The molecule has 1 rings (SSSR count). The lowest BCUT2D eigenvalue weighted by atomic mass is 10.2. The van der Waals surface area contributed by atoms with Crippen molar-refractivity contribution in [2.75, 3.05) is 7.11 Å². The number of aliphatic hydroxyl groups is 1. The number of rotatable bonds is 4. The Balaban J connectivity index is 2.69. The second kappa shape index (κ2) is 4.85. The molecule has 1 heterocycles. The number of carbonyl (C=O) groups is 1. The lowest BCUT2D eigenvalue weighted by molar-refractivity contribution is -0.380. The van der Waals surface area contributed by atoms with Crippen molar-refractivity contribution in [2.45, 2.75) is 12.5 Å².